The molecular formula is C20H14N2O3S3. The smallest absolute Gasteiger partial charge is 0.335 e. The molecule has 0 aliphatic heterocycles. The quantitative estimate of drug-likeness (QED) is 0.454. The van der Waals surface area contributed by atoms with Crippen molar-refractivity contribution in [3.63, 3.8) is 0 Å². The summed E-state index contributed by atoms with van der Waals surface area (Å²) in [6.45, 7) is 0. The maximum atomic E-state index is 12.8. The summed E-state index contributed by atoms with van der Waals surface area (Å²) < 4.78 is 0. The van der Waals surface area contributed by atoms with Gasteiger partial charge in [0.25, 0.3) is 5.56 Å². The Balaban J connectivity index is 1.76. The Kier molecular flexibility index (Phi) is 5.17. The van der Waals surface area contributed by atoms with Crippen LogP contribution in [0.15, 0.2) is 52.0 Å². The van der Waals surface area contributed by atoms with Gasteiger partial charge in [-0.05, 0) is 41.5 Å². The SMILES string of the molecule is CS/C(=C\c1ccc(C(=O)O)cc1)c1nc2scc(-c3cccs3)c2c(=O)[nH]1. The van der Waals surface area contributed by atoms with E-state index >= 15 is 0 Å². The lowest BCUT2D eigenvalue weighted by Crippen LogP contribution is -2.10. The number of aromatic nitrogens is 2. The van der Waals surface area contributed by atoms with Crippen molar-refractivity contribution >= 4 is 61.6 Å². The minimum atomic E-state index is -0.962. The summed E-state index contributed by atoms with van der Waals surface area (Å²) in [4.78, 5) is 33.9. The molecule has 4 rings (SSSR count). The number of hydrogen-bond donors (Lipinski definition) is 2. The molecule has 0 amide bonds. The van der Waals surface area contributed by atoms with Crippen molar-refractivity contribution in [1.82, 2.24) is 9.97 Å². The van der Waals surface area contributed by atoms with E-state index in [9.17, 15) is 9.59 Å². The number of hydrogen-bond acceptors (Lipinski definition) is 6. The first-order valence-corrected chi connectivity index (χ1v) is 11.2. The largest absolute Gasteiger partial charge is 0.478 e. The second-order valence-electron chi connectivity index (χ2n) is 5.86. The predicted molar refractivity (Wildman–Crippen MR) is 118 cm³/mol. The van der Waals surface area contributed by atoms with Crippen LogP contribution in [0.1, 0.15) is 21.7 Å². The Morgan fingerprint density at radius 1 is 1.21 bits per heavy atom. The van der Waals surface area contributed by atoms with Gasteiger partial charge in [-0.15, -0.1) is 34.4 Å². The molecule has 1 aromatic carbocycles. The summed E-state index contributed by atoms with van der Waals surface area (Å²) >= 11 is 4.52. The summed E-state index contributed by atoms with van der Waals surface area (Å²) in [5.41, 5.74) is 1.82. The Labute approximate surface area is 172 Å². The molecule has 0 fully saturated rings. The maximum Gasteiger partial charge on any atom is 0.335 e. The van der Waals surface area contributed by atoms with Crippen molar-refractivity contribution in [2.75, 3.05) is 6.26 Å². The number of carboxylic acid groups (broad SMARTS) is 1. The van der Waals surface area contributed by atoms with Crippen molar-refractivity contribution < 1.29 is 9.90 Å². The van der Waals surface area contributed by atoms with Crippen molar-refractivity contribution in [2.45, 2.75) is 0 Å². The van der Waals surface area contributed by atoms with Crippen molar-refractivity contribution in [2.24, 2.45) is 0 Å². The lowest BCUT2D eigenvalue weighted by molar-refractivity contribution is 0.0697. The van der Waals surface area contributed by atoms with E-state index < -0.39 is 5.97 Å². The molecule has 3 aromatic heterocycles. The number of fused-ring (bicyclic) bond motifs is 1. The standard InChI is InChI=1S/C20H14N2O3S3/c1-26-15(9-11-4-6-12(7-5-11)20(24)25)17-21-18(23)16-13(10-28-19(16)22-17)14-3-2-8-27-14/h2-10H,1H3,(H,24,25)(H,21,22,23)/b15-9-. The minimum Gasteiger partial charge on any atom is -0.478 e. The number of nitrogens with zero attached hydrogens (tertiary/aromatic N) is 1. The predicted octanol–water partition coefficient (Wildman–Crippen LogP) is 5.27. The first kappa shape index (κ1) is 18.7. The van der Waals surface area contributed by atoms with E-state index in [-0.39, 0.29) is 11.1 Å². The highest BCUT2D eigenvalue weighted by Gasteiger charge is 2.15. The van der Waals surface area contributed by atoms with Crippen molar-refractivity contribution in [3.8, 4) is 10.4 Å². The molecule has 140 valence electrons. The van der Waals surface area contributed by atoms with Crippen LogP contribution in [-0.4, -0.2) is 27.3 Å². The molecule has 0 radical (unpaired) electrons. The van der Waals surface area contributed by atoms with Gasteiger partial charge in [-0.25, -0.2) is 9.78 Å². The fraction of sp³-hybridized carbons (Fsp3) is 0.0500. The van der Waals surface area contributed by atoms with Gasteiger partial charge in [0, 0.05) is 15.8 Å². The normalized spacial score (nSPS) is 11.8. The van der Waals surface area contributed by atoms with Gasteiger partial charge >= 0.3 is 5.97 Å². The van der Waals surface area contributed by atoms with Gasteiger partial charge in [0.1, 0.15) is 10.7 Å². The molecule has 0 spiro atoms. The number of thiophene rings is 2. The highest BCUT2D eigenvalue weighted by atomic mass is 32.2. The monoisotopic (exact) mass is 426 g/mol. The average Bonchev–Trinajstić information content (AvgIpc) is 3.36. The van der Waals surface area contributed by atoms with Crippen LogP contribution in [-0.2, 0) is 0 Å². The molecule has 0 saturated carbocycles. The number of aromatic carboxylic acids is 1. The third-order valence-corrected chi connectivity index (χ3v) is 6.67. The lowest BCUT2D eigenvalue weighted by atomic mass is 10.1. The van der Waals surface area contributed by atoms with Crippen molar-refractivity contribution in [3.05, 3.63) is 74.5 Å². The second-order valence-corrected chi connectivity index (χ2v) is 8.52. The average molecular weight is 427 g/mol. The third-order valence-electron chi connectivity index (χ3n) is 4.14. The third kappa shape index (κ3) is 3.54. The number of aromatic amines is 1. The van der Waals surface area contributed by atoms with Gasteiger partial charge in [-0.1, -0.05) is 18.2 Å². The van der Waals surface area contributed by atoms with Crippen LogP contribution in [0.4, 0.5) is 0 Å². The van der Waals surface area contributed by atoms with Gasteiger partial charge in [-0.3, -0.25) is 4.79 Å². The van der Waals surface area contributed by atoms with Crippen LogP contribution in [0.25, 0.3) is 31.6 Å². The number of nitrogens with one attached hydrogen (secondary N) is 1. The van der Waals surface area contributed by atoms with E-state index in [0.29, 0.717) is 16.0 Å². The lowest BCUT2D eigenvalue weighted by Gasteiger charge is -2.05. The zero-order valence-electron chi connectivity index (χ0n) is 14.6. The van der Waals surface area contributed by atoms with Crippen LogP contribution in [0.3, 0.4) is 0 Å². The zero-order chi connectivity index (χ0) is 19.7. The molecule has 0 unspecified atom stereocenters. The highest BCUT2D eigenvalue weighted by molar-refractivity contribution is 8.07. The van der Waals surface area contributed by atoms with Gasteiger partial charge in [0.05, 0.1) is 15.9 Å². The topological polar surface area (TPSA) is 83.0 Å². The van der Waals surface area contributed by atoms with Crippen LogP contribution in [0.2, 0.25) is 0 Å². The first-order chi connectivity index (χ1) is 13.6. The van der Waals surface area contributed by atoms with Crippen LogP contribution >= 0.6 is 34.4 Å². The van der Waals surface area contributed by atoms with E-state index in [1.54, 1.807) is 35.6 Å². The molecule has 0 aliphatic carbocycles. The minimum absolute atomic E-state index is 0.161. The Hall–Kier alpha value is -2.68. The molecule has 0 saturated heterocycles. The number of rotatable bonds is 5. The Bertz CT molecular complexity index is 1240. The molecule has 2 N–H and O–H groups in total. The molecule has 0 bridgehead atoms. The summed E-state index contributed by atoms with van der Waals surface area (Å²) in [7, 11) is 0. The highest BCUT2D eigenvalue weighted by Crippen LogP contribution is 2.34. The van der Waals surface area contributed by atoms with Gasteiger partial charge in [0.15, 0.2) is 0 Å². The van der Waals surface area contributed by atoms with Crippen LogP contribution in [0, 0.1) is 0 Å². The number of benzene rings is 1. The molecule has 3 heterocycles. The molecule has 4 aromatic rings. The second kappa shape index (κ2) is 7.75. The van der Waals surface area contributed by atoms with E-state index in [1.165, 1.54) is 23.1 Å². The molecule has 5 nitrogen and oxygen atoms in total. The molecule has 0 aliphatic rings. The Morgan fingerprint density at radius 2 is 2.00 bits per heavy atom. The number of thioether (sulfide) groups is 1. The van der Waals surface area contributed by atoms with Gasteiger partial charge in [0.2, 0.25) is 0 Å². The number of H-pyrrole nitrogens is 1. The van der Waals surface area contributed by atoms with E-state index in [0.717, 1.165) is 20.9 Å². The van der Waals surface area contributed by atoms with Crippen LogP contribution in [0.5, 0.6) is 0 Å². The summed E-state index contributed by atoms with van der Waals surface area (Å²) in [5.74, 6) is -0.455. The number of carboxylic acids is 1. The van der Waals surface area contributed by atoms with E-state index in [4.69, 9.17) is 5.11 Å². The molecular weight excluding hydrogens is 412 g/mol. The van der Waals surface area contributed by atoms with E-state index in [1.807, 2.05) is 35.2 Å². The summed E-state index contributed by atoms with van der Waals surface area (Å²) in [6, 6.07) is 10.5. The number of carbonyl (C=O) groups is 1. The van der Waals surface area contributed by atoms with E-state index in [2.05, 4.69) is 9.97 Å². The fourth-order valence-electron chi connectivity index (χ4n) is 2.78. The fourth-order valence-corrected chi connectivity index (χ4v) is 5.08. The maximum absolute atomic E-state index is 12.8. The molecule has 0 atom stereocenters. The molecule has 28 heavy (non-hydrogen) atoms. The summed E-state index contributed by atoms with van der Waals surface area (Å²) in [6.07, 6.45) is 3.79. The first-order valence-electron chi connectivity index (χ1n) is 8.21. The van der Waals surface area contributed by atoms with Gasteiger partial charge in [-0.2, -0.15) is 0 Å². The van der Waals surface area contributed by atoms with Gasteiger partial charge < -0.3 is 10.1 Å². The van der Waals surface area contributed by atoms with Crippen LogP contribution < -0.4 is 5.56 Å². The van der Waals surface area contributed by atoms with Crippen molar-refractivity contribution in [1.29, 1.82) is 0 Å². The molecule has 8 heteroatoms. The Morgan fingerprint density at radius 3 is 2.64 bits per heavy atom. The summed E-state index contributed by atoms with van der Waals surface area (Å²) in [5, 5.41) is 13.6. The zero-order valence-corrected chi connectivity index (χ0v) is 17.1.